The number of rotatable bonds is 7. The fourth-order valence-corrected chi connectivity index (χ4v) is 3.44. The SMILES string of the molecule is CCN(CC)S(=O)(=O)N(CC(=O)O)c1ccc(Cl)cc1. The summed E-state index contributed by atoms with van der Waals surface area (Å²) in [5, 5.41) is 9.39. The summed E-state index contributed by atoms with van der Waals surface area (Å²) < 4.78 is 27.0. The van der Waals surface area contributed by atoms with Crippen molar-refractivity contribution in [2.75, 3.05) is 23.9 Å². The van der Waals surface area contributed by atoms with Gasteiger partial charge in [-0.1, -0.05) is 25.4 Å². The molecule has 0 aliphatic heterocycles. The van der Waals surface area contributed by atoms with E-state index in [2.05, 4.69) is 0 Å². The molecule has 8 heteroatoms. The lowest BCUT2D eigenvalue weighted by Gasteiger charge is -2.28. The number of carboxylic acid groups (broad SMARTS) is 1. The molecule has 0 aromatic heterocycles. The molecule has 0 amide bonds. The fraction of sp³-hybridized carbons (Fsp3) is 0.417. The molecular weight excluding hydrogens is 304 g/mol. The molecule has 0 bridgehead atoms. The van der Waals surface area contributed by atoms with Crippen LogP contribution in [0.5, 0.6) is 0 Å². The molecule has 20 heavy (non-hydrogen) atoms. The highest BCUT2D eigenvalue weighted by atomic mass is 35.5. The first-order valence-corrected chi connectivity index (χ1v) is 7.85. The first kappa shape index (κ1) is 16.7. The number of aliphatic carboxylic acids is 1. The monoisotopic (exact) mass is 320 g/mol. The summed E-state index contributed by atoms with van der Waals surface area (Å²) in [5.74, 6) is -1.23. The zero-order valence-corrected chi connectivity index (χ0v) is 12.9. The van der Waals surface area contributed by atoms with Crippen molar-refractivity contribution in [2.45, 2.75) is 13.8 Å². The van der Waals surface area contributed by atoms with Gasteiger partial charge in [0.05, 0.1) is 5.69 Å². The van der Waals surface area contributed by atoms with E-state index < -0.39 is 22.7 Å². The third-order valence-corrected chi connectivity index (χ3v) is 5.02. The van der Waals surface area contributed by atoms with Gasteiger partial charge in [0.15, 0.2) is 0 Å². The van der Waals surface area contributed by atoms with Gasteiger partial charge in [-0.2, -0.15) is 12.7 Å². The molecule has 1 aromatic carbocycles. The van der Waals surface area contributed by atoms with Gasteiger partial charge in [0, 0.05) is 18.1 Å². The molecule has 6 nitrogen and oxygen atoms in total. The Morgan fingerprint density at radius 2 is 1.70 bits per heavy atom. The van der Waals surface area contributed by atoms with E-state index >= 15 is 0 Å². The largest absolute Gasteiger partial charge is 0.480 e. The standard InChI is InChI=1S/C12H17ClN2O4S/c1-3-14(4-2)20(18,19)15(9-12(16)17)11-7-5-10(13)6-8-11/h5-8H,3-4,9H2,1-2H3,(H,16,17). The van der Waals surface area contributed by atoms with Crippen LogP contribution in [0.2, 0.25) is 5.02 Å². The lowest BCUT2D eigenvalue weighted by Crippen LogP contribution is -2.46. The summed E-state index contributed by atoms with van der Waals surface area (Å²) >= 11 is 5.76. The van der Waals surface area contributed by atoms with E-state index in [1.807, 2.05) is 0 Å². The third kappa shape index (κ3) is 3.84. The van der Waals surface area contributed by atoms with E-state index in [1.54, 1.807) is 13.8 Å². The Kier molecular flexibility index (Phi) is 5.79. The topological polar surface area (TPSA) is 77.9 Å². The lowest BCUT2D eigenvalue weighted by atomic mass is 10.3. The highest BCUT2D eigenvalue weighted by Crippen LogP contribution is 2.22. The lowest BCUT2D eigenvalue weighted by molar-refractivity contribution is -0.135. The molecule has 0 heterocycles. The second-order valence-corrected chi connectivity index (χ2v) is 6.26. The molecule has 1 rings (SSSR count). The second kappa shape index (κ2) is 6.92. The summed E-state index contributed by atoms with van der Waals surface area (Å²) in [5.41, 5.74) is 0.267. The summed E-state index contributed by atoms with van der Waals surface area (Å²) in [7, 11) is -3.88. The van der Waals surface area contributed by atoms with Gasteiger partial charge in [-0.25, -0.2) is 4.31 Å². The number of hydrogen-bond acceptors (Lipinski definition) is 3. The highest BCUT2D eigenvalue weighted by molar-refractivity contribution is 7.90. The van der Waals surface area contributed by atoms with Gasteiger partial charge < -0.3 is 5.11 Å². The Morgan fingerprint density at radius 3 is 2.10 bits per heavy atom. The Hall–Kier alpha value is -1.31. The predicted molar refractivity (Wildman–Crippen MR) is 78.3 cm³/mol. The Labute approximate surface area is 123 Å². The average molecular weight is 321 g/mol. The molecule has 0 atom stereocenters. The van der Waals surface area contributed by atoms with Crippen molar-refractivity contribution in [1.82, 2.24) is 4.31 Å². The van der Waals surface area contributed by atoms with E-state index in [1.165, 1.54) is 28.6 Å². The number of carbonyl (C=O) groups is 1. The molecule has 1 N–H and O–H groups in total. The molecule has 0 aliphatic rings. The average Bonchev–Trinajstić information content (AvgIpc) is 2.38. The first-order valence-electron chi connectivity index (χ1n) is 6.08. The van der Waals surface area contributed by atoms with E-state index in [9.17, 15) is 13.2 Å². The van der Waals surface area contributed by atoms with Crippen LogP contribution in [0, 0.1) is 0 Å². The van der Waals surface area contributed by atoms with Crippen molar-refractivity contribution in [3.05, 3.63) is 29.3 Å². The third-order valence-electron chi connectivity index (χ3n) is 2.70. The molecule has 0 unspecified atom stereocenters. The van der Waals surface area contributed by atoms with Crippen LogP contribution in [0.25, 0.3) is 0 Å². The molecular formula is C12H17ClN2O4S. The van der Waals surface area contributed by atoms with E-state index in [-0.39, 0.29) is 18.8 Å². The van der Waals surface area contributed by atoms with Crippen LogP contribution in [0.1, 0.15) is 13.8 Å². The van der Waals surface area contributed by atoms with E-state index in [0.717, 1.165) is 4.31 Å². The van der Waals surface area contributed by atoms with Crippen molar-refractivity contribution in [3.8, 4) is 0 Å². The molecule has 1 aromatic rings. The van der Waals surface area contributed by atoms with Crippen molar-refractivity contribution in [1.29, 1.82) is 0 Å². The Balaban J connectivity index is 3.25. The maximum Gasteiger partial charge on any atom is 0.324 e. The van der Waals surface area contributed by atoms with Crippen LogP contribution in [-0.4, -0.2) is 43.4 Å². The normalized spacial score (nSPS) is 11.6. The predicted octanol–water partition coefficient (Wildman–Crippen LogP) is 1.82. The molecule has 0 radical (unpaired) electrons. The Morgan fingerprint density at radius 1 is 1.20 bits per heavy atom. The number of carboxylic acids is 1. The number of benzene rings is 1. The molecule has 0 spiro atoms. The number of anilines is 1. The van der Waals surface area contributed by atoms with Gasteiger partial charge in [0.25, 0.3) is 0 Å². The van der Waals surface area contributed by atoms with Crippen molar-refractivity contribution < 1.29 is 18.3 Å². The van der Waals surface area contributed by atoms with Crippen LogP contribution in [0.3, 0.4) is 0 Å². The zero-order valence-electron chi connectivity index (χ0n) is 11.3. The van der Waals surface area contributed by atoms with Gasteiger partial charge >= 0.3 is 16.2 Å². The quantitative estimate of drug-likeness (QED) is 0.831. The van der Waals surface area contributed by atoms with Crippen LogP contribution < -0.4 is 4.31 Å². The van der Waals surface area contributed by atoms with Crippen LogP contribution in [-0.2, 0) is 15.0 Å². The smallest absolute Gasteiger partial charge is 0.324 e. The van der Waals surface area contributed by atoms with Crippen molar-refractivity contribution in [2.24, 2.45) is 0 Å². The molecule has 0 saturated carbocycles. The van der Waals surface area contributed by atoms with Gasteiger partial charge in [-0.3, -0.25) is 4.79 Å². The Bertz CT molecular complexity index is 555. The summed E-state index contributed by atoms with van der Waals surface area (Å²) in [4.78, 5) is 10.9. The van der Waals surface area contributed by atoms with Gasteiger partial charge in [-0.15, -0.1) is 0 Å². The van der Waals surface area contributed by atoms with E-state index in [0.29, 0.717) is 5.02 Å². The zero-order chi connectivity index (χ0) is 15.3. The maximum atomic E-state index is 12.5. The number of halogens is 1. The van der Waals surface area contributed by atoms with Gasteiger partial charge in [-0.05, 0) is 24.3 Å². The molecule has 0 aliphatic carbocycles. The first-order chi connectivity index (χ1) is 9.32. The van der Waals surface area contributed by atoms with Crippen LogP contribution in [0.15, 0.2) is 24.3 Å². The van der Waals surface area contributed by atoms with E-state index in [4.69, 9.17) is 16.7 Å². The summed E-state index contributed by atoms with van der Waals surface area (Å²) in [6.07, 6.45) is 0. The van der Waals surface area contributed by atoms with Gasteiger partial charge in [0.2, 0.25) is 0 Å². The minimum atomic E-state index is -3.88. The maximum absolute atomic E-state index is 12.5. The summed E-state index contributed by atoms with van der Waals surface area (Å²) in [6.45, 7) is 3.29. The fourth-order valence-electron chi connectivity index (χ4n) is 1.73. The minimum absolute atomic E-state index is 0.266. The van der Waals surface area contributed by atoms with Crippen LogP contribution >= 0.6 is 11.6 Å². The number of hydrogen-bond donors (Lipinski definition) is 1. The van der Waals surface area contributed by atoms with Gasteiger partial charge in [0.1, 0.15) is 6.54 Å². The summed E-state index contributed by atoms with van der Waals surface area (Å²) in [6, 6.07) is 5.99. The van der Waals surface area contributed by atoms with Crippen molar-refractivity contribution in [3.63, 3.8) is 0 Å². The van der Waals surface area contributed by atoms with Crippen LogP contribution in [0.4, 0.5) is 5.69 Å². The molecule has 0 saturated heterocycles. The minimum Gasteiger partial charge on any atom is -0.480 e. The molecule has 112 valence electrons. The number of nitrogens with zero attached hydrogens (tertiary/aromatic N) is 2. The highest BCUT2D eigenvalue weighted by Gasteiger charge is 2.29. The van der Waals surface area contributed by atoms with Crippen molar-refractivity contribution >= 4 is 33.5 Å². The molecule has 0 fully saturated rings. The second-order valence-electron chi connectivity index (χ2n) is 3.97.